The Labute approximate surface area is 185 Å². The molecule has 0 saturated carbocycles. The highest BCUT2D eigenvalue weighted by Gasteiger charge is 2.35. The number of nitrogens with one attached hydrogen (secondary N) is 1. The van der Waals surface area contributed by atoms with E-state index in [0.717, 1.165) is 10.5 Å². The van der Waals surface area contributed by atoms with Crippen LogP contribution >= 0.6 is 0 Å². The van der Waals surface area contributed by atoms with Crippen molar-refractivity contribution in [3.63, 3.8) is 0 Å². The average Bonchev–Trinajstić information content (AvgIpc) is 3.04. The van der Waals surface area contributed by atoms with E-state index in [2.05, 4.69) is 5.32 Å². The number of halogens is 1. The number of carbonyl (C=O) groups excluding carboxylic acids is 4. The number of nitrogens with zero attached hydrogens (tertiary/aromatic N) is 2. The second-order valence-electron chi connectivity index (χ2n) is 8.08. The van der Waals surface area contributed by atoms with Crippen LogP contribution in [0.5, 0.6) is 0 Å². The summed E-state index contributed by atoms with van der Waals surface area (Å²) in [6.45, 7) is 1.10. The lowest BCUT2D eigenvalue weighted by Gasteiger charge is -2.32. The summed E-state index contributed by atoms with van der Waals surface area (Å²) in [4.78, 5) is 52.4. The van der Waals surface area contributed by atoms with Gasteiger partial charge in [0.05, 0.1) is 17.5 Å². The third-order valence-corrected chi connectivity index (χ3v) is 5.92. The van der Waals surface area contributed by atoms with Gasteiger partial charge in [-0.05, 0) is 42.7 Å². The van der Waals surface area contributed by atoms with E-state index >= 15 is 0 Å². The van der Waals surface area contributed by atoms with Gasteiger partial charge in [-0.1, -0.05) is 24.3 Å². The predicted octanol–water partition coefficient (Wildman–Crippen LogP) is 2.16. The Morgan fingerprint density at radius 3 is 2.12 bits per heavy atom. The van der Waals surface area contributed by atoms with Gasteiger partial charge in [-0.3, -0.25) is 24.1 Å². The Balaban J connectivity index is 1.20. The highest BCUT2D eigenvalue weighted by atomic mass is 19.1. The van der Waals surface area contributed by atoms with Gasteiger partial charge in [0.1, 0.15) is 5.82 Å². The quantitative estimate of drug-likeness (QED) is 0.702. The zero-order valence-corrected chi connectivity index (χ0v) is 17.6. The normalized spacial score (nSPS) is 16.3. The Morgan fingerprint density at radius 2 is 1.53 bits per heavy atom. The minimum atomic E-state index is -0.369. The van der Waals surface area contributed by atoms with E-state index in [0.29, 0.717) is 37.1 Å². The molecule has 0 atom stereocenters. The third-order valence-electron chi connectivity index (χ3n) is 5.92. The van der Waals surface area contributed by atoms with E-state index in [-0.39, 0.29) is 54.9 Å². The molecular formula is C24H24FN3O4. The molecule has 0 spiro atoms. The zero-order valence-electron chi connectivity index (χ0n) is 17.6. The van der Waals surface area contributed by atoms with E-state index < -0.39 is 0 Å². The van der Waals surface area contributed by atoms with Crippen LogP contribution in [-0.4, -0.2) is 59.1 Å². The molecule has 0 aromatic heterocycles. The molecule has 2 aromatic carbocycles. The van der Waals surface area contributed by atoms with Crippen molar-refractivity contribution in [1.82, 2.24) is 15.1 Å². The van der Waals surface area contributed by atoms with Crippen molar-refractivity contribution in [1.29, 1.82) is 0 Å². The molecule has 0 aliphatic carbocycles. The number of hydrogen-bond acceptors (Lipinski definition) is 4. The number of likely N-dealkylation sites (tertiary alicyclic amines) is 1. The van der Waals surface area contributed by atoms with E-state index in [4.69, 9.17) is 0 Å². The van der Waals surface area contributed by atoms with Crippen LogP contribution < -0.4 is 5.32 Å². The first-order chi connectivity index (χ1) is 15.4. The van der Waals surface area contributed by atoms with Crippen molar-refractivity contribution >= 4 is 23.6 Å². The minimum absolute atomic E-state index is 0.0213. The van der Waals surface area contributed by atoms with E-state index in [1.54, 1.807) is 41.3 Å². The number of piperidine rings is 1. The maximum absolute atomic E-state index is 13.0. The smallest absolute Gasteiger partial charge is 0.261 e. The Kier molecular flexibility index (Phi) is 6.30. The molecule has 1 N–H and O–H groups in total. The lowest BCUT2D eigenvalue weighted by Crippen LogP contribution is -2.47. The molecule has 4 amide bonds. The molecule has 2 heterocycles. The summed E-state index contributed by atoms with van der Waals surface area (Å²) in [5, 5.41) is 2.94. The van der Waals surface area contributed by atoms with E-state index in [1.807, 2.05) is 0 Å². The minimum Gasteiger partial charge on any atom is -0.353 e. The van der Waals surface area contributed by atoms with Gasteiger partial charge < -0.3 is 10.2 Å². The fourth-order valence-electron chi connectivity index (χ4n) is 4.12. The van der Waals surface area contributed by atoms with Crippen LogP contribution in [0.4, 0.5) is 4.39 Å². The first-order valence-electron chi connectivity index (χ1n) is 10.7. The van der Waals surface area contributed by atoms with Crippen molar-refractivity contribution in [2.24, 2.45) is 0 Å². The van der Waals surface area contributed by atoms with Crippen molar-refractivity contribution in [3.05, 3.63) is 71.0 Å². The Bertz CT molecular complexity index is 1010. The first kappa shape index (κ1) is 21.7. The van der Waals surface area contributed by atoms with Crippen LogP contribution in [0.1, 0.15) is 45.5 Å². The van der Waals surface area contributed by atoms with Crippen LogP contribution in [0, 0.1) is 5.82 Å². The molecule has 2 aromatic rings. The fourth-order valence-corrected chi connectivity index (χ4v) is 4.12. The number of benzene rings is 2. The molecule has 2 aliphatic rings. The molecular weight excluding hydrogens is 413 g/mol. The van der Waals surface area contributed by atoms with Crippen LogP contribution in [0.25, 0.3) is 0 Å². The van der Waals surface area contributed by atoms with Crippen LogP contribution in [-0.2, 0) is 16.0 Å². The summed E-state index contributed by atoms with van der Waals surface area (Å²) < 4.78 is 13.0. The molecule has 0 unspecified atom stereocenters. The maximum Gasteiger partial charge on any atom is 0.261 e. The lowest BCUT2D eigenvalue weighted by atomic mass is 10.0. The van der Waals surface area contributed by atoms with Gasteiger partial charge in [-0.2, -0.15) is 0 Å². The van der Waals surface area contributed by atoms with Crippen molar-refractivity contribution < 1.29 is 23.6 Å². The van der Waals surface area contributed by atoms with Gasteiger partial charge in [0.25, 0.3) is 11.8 Å². The van der Waals surface area contributed by atoms with Gasteiger partial charge in [0.2, 0.25) is 11.8 Å². The standard InChI is InChI=1S/C24H24FN3O4/c25-17-7-5-16(6-8-17)15-22(30)27-12-9-18(10-13-27)26-21(29)11-14-28-23(31)19-3-1-2-4-20(19)24(28)32/h1-8,18H,9-15H2,(H,26,29). The molecule has 166 valence electrons. The summed E-state index contributed by atoms with van der Waals surface area (Å²) in [7, 11) is 0. The zero-order chi connectivity index (χ0) is 22.7. The number of hydrogen-bond donors (Lipinski definition) is 1. The molecule has 2 aliphatic heterocycles. The monoisotopic (exact) mass is 437 g/mol. The number of carbonyl (C=O) groups is 4. The summed E-state index contributed by atoms with van der Waals surface area (Å²) in [5.41, 5.74) is 1.51. The van der Waals surface area contributed by atoms with Gasteiger partial charge in [0.15, 0.2) is 0 Å². The SMILES string of the molecule is O=C(CCN1C(=O)c2ccccc2C1=O)NC1CCN(C(=O)Cc2ccc(F)cc2)CC1. The molecule has 1 fully saturated rings. The maximum atomic E-state index is 13.0. The summed E-state index contributed by atoms with van der Waals surface area (Å²) >= 11 is 0. The Hall–Kier alpha value is -3.55. The van der Waals surface area contributed by atoms with Crippen molar-refractivity contribution in [2.75, 3.05) is 19.6 Å². The molecule has 0 radical (unpaired) electrons. The molecule has 8 heteroatoms. The highest BCUT2D eigenvalue weighted by Crippen LogP contribution is 2.22. The molecule has 7 nitrogen and oxygen atoms in total. The topological polar surface area (TPSA) is 86.8 Å². The third kappa shape index (κ3) is 4.69. The number of rotatable bonds is 6. The van der Waals surface area contributed by atoms with Gasteiger partial charge in [0, 0.05) is 32.1 Å². The van der Waals surface area contributed by atoms with Gasteiger partial charge >= 0.3 is 0 Å². The van der Waals surface area contributed by atoms with Crippen molar-refractivity contribution in [2.45, 2.75) is 31.7 Å². The van der Waals surface area contributed by atoms with E-state index in [9.17, 15) is 23.6 Å². The number of amides is 4. The molecule has 4 rings (SSSR count). The fraction of sp³-hybridized carbons (Fsp3) is 0.333. The second-order valence-corrected chi connectivity index (χ2v) is 8.08. The molecule has 1 saturated heterocycles. The molecule has 32 heavy (non-hydrogen) atoms. The second kappa shape index (κ2) is 9.30. The van der Waals surface area contributed by atoms with Gasteiger partial charge in [-0.25, -0.2) is 4.39 Å². The van der Waals surface area contributed by atoms with Crippen molar-refractivity contribution in [3.8, 4) is 0 Å². The number of fused-ring (bicyclic) bond motifs is 1. The highest BCUT2D eigenvalue weighted by molar-refractivity contribution is 6.21. The van der Waals surface area contributed by atoms with Crippen LogP contribution in [0.2, 0.25) is 0 Å². The lowest BCUT2D eigenvalue weighted by molar-refractivity contribution is -0.131. The van der Waals surface area contributed by atoms with Crippen LogP contribution in [0.3, 0.4) is 0 Å². The average molecular weight is 437 g/mol. The first-order valence-corrected chi connectivity index (χ1v) is 10.7. The summed E-state index contributed by atoms with van der Waals surface area (Å²) in [6, 6.07) is 12.5. The van der Waals surface area contributed by atoms with Gasteiger partial charge in [-0.15, -0.1) is 0 Å². The van der Waals surface area contributed by atoms with E-state index in [1.165, 1.54) is 12.1 Å². The molecule has 0 bridgehead atoms. The van der Waals surface area contributed by atoms with Crippen LogP contribution in [0.15, 0.2) is 48.5 Å². The summed E-state index contributed by atoms with van der Waals surface area (Å²) in [6.07, 6.45) is 1.52. The predicted molar refractivity (Wildman–Crippen MR) is 114 cm³/mol. The largest absolute Gasteiger partial charge is 0.353 e. The summed E-state index contributed by atoms with van der Waals surface area (Å²) in [5.74, 6) is -1.32. The Morgan fingerprint density at radius 1 is 0.938 bits per heavy atom. The number of imide groups is 1.